The minimum atomic E-state index is -0.439. The summed E-state index contributed by atoms with van der Waals surface area (Å²) in [6.07, 6.45) is 1.43. The third kappa shape index (κ3) is 3.14. The average molecular weight is 261 g/mol. The molecule has 0 atom stereocenters. The van der Waals surface area contributed by atoms with Crippen molar-refractivity contribution in [1.29, 1.82) is 0 Å². The summed E-state index contributed by atoms with van der Waals surface area (Å²) in [7, 11) is 1.32. The summed E-state index contributed by atoms with van der Waals surface area (Å²) in [5.74, 6) is 0.685. The van der Waals surface area contributed by atoms with Crippen molar-refractivity contribution in [2.75, 3.05) is 7.11 Å². The molecule has 0 aliphatic rings. The van der Waals surface area contributed by atoms with Crippen LogP contribution in [-0.2, 0) is 17.9 Å². The second-order valence-corrected chi connectivity index (χ2v) is 3.89. The summed E-state index contributed by atoms with van der Waals surface area (Å²) >= 11 is 0. The van der Waals surface area contributed by atoms with Gasteiger partial charge in [-0.2, -0.15) is 0 Å². The molecule has 0 fully saturated rings. The molecule has 0 amide bonds. The third-order valence-corrected chi connectivity index (χ3v) is 2.68. The minimum Gasteiger partial charge on any atom is -0.486 e. The molecule has 2 aromatic rings. The van der Waals surface area contributed by atoms with E-state index in [1.54, 1.807) is 6.07 Å². The van der Waals surface area contributed by atoms with Crippen molar-refractivity contribution in [2.24, 2.45) is 5.73 Å². The second kappa shape index (κ2) is 6.06. The van der Waals surface area contributed by atoms with Crippen molar-refractivity contribution in [3.63, 3.8) is 0 Å². The van der Waals surface area contributed by atoms with Crippen LogP contribution in [0.15, 0.2) is 41.0 Å². The molecule has 0 saturated carbocycles. The van der Waals surface area contributed by atoms with Gasteiger partial charge in [0.25, 0.3) is 0 Å². The highest BCUT2D eigenvalue weighted by Crippen LogP contribution is 2.17. The first-order valence-corrected chi connectivity index (χ1v) is 5.81. The maximum absolute atomic E-state index is 11.4. The van der Waals surface area contributed by atoms with Crippen molar-refractivity contribution in [1.82, 2.24) is 0 Å². The quantitative estimate of drug-likeness (QED) is 0.834. The Labute approximate surface area is 110 Å². The maximum Gasteiger partial charge on any atom is 0.341 e. The van der Waals surface area contributed by atoms with Gasteiger partial charge in [0.1, 0.15) is 17.9 Å². The molecule has 1 aromatic carbocycles. The highest BCUT2D eigenvalue weighted by molar-refractivity contribution is 5.90. The van der Waals surface area contributed by atoms with Gasteiger partial charge >= 0.3 is 5.97 Å². The van der Waals surface area contributed by atoms with Crippen LogP contribution >= 0.6 is 0 Å². The number of esters is 1. The molecule has 0 saturated heterocycles. The van der Waals surface area contributed by atoms with Gasteiger partial charge in [-0.25, -0.2) is 4.79 Å². The van der Waals surface area contributed by atoms with Crippen LogP contribution in [0.25, 0.3) is 0 Å². The van der Waals surface area contributed by atoms with Crippen molar-refractivity contribution >= 4 is 5.97 Å². The van der Waals surface area contributed by atoms with Crippen LogP contribution in [0.3, 0.4) is 0 Å². The normalized spacial score (nSPS) is 10.2. The first-order valence-electron chi connectivity index (χ1n) is 5.81. The Bertz CT molecular complexity index is 545. The number of ether oxygens (including phenoxy) is 2. The van der Waals surface area contributed by atoms with Gasteiger partial charge < -0.3 is 19.6 Å². The molecule has 2 rings (SSSR count). The molecule has 0 spiro atoms. The van der Waals surface area contributed by atoms with E-state index in [2.05, 4.69) is 4.74 Å². The molecular weight excluding hydrogens is 246 g/mol. The van der Waals surface area contributed by atoms with Crippen molar-refractivity contribution < 1.29 is 18.7 Å². The molecule has 2 N–H and O–H groups in total. The summed E-state index contributed by atoms with van der Waals surface area (Å²) < 4.78 is 15.4. The van der Waals surface area contributed by atoms with Crippen LogP contribution in [0.1, 0.15) is 21.7 Å². The lowest BCUT2D eigenvalue weighted by Gasteiger charge is -2.06. The number of furan rings is 1. The Hall–Kier alpha value is -2.27. The number of methoxy groups -OCH3 is 1. The Morgan fingerprint density at radius 2 is 2.00 bits per heavy atom. The number of nitrogens with two attached hydrogens (primary N) is 1. The van der Waals surface area contributed by atoms with E-state index in [0.717, 1.165) is 5.56 Å². The molecule has 0 radical (unpaired) electrons. The van der Waals surface area contributed by atoms with Gasteiger partial charge in [-0.1, -0.05) is 12.1 Å². The Morgan fingerprint density at radius 3 is 2.63 bits per heavy atom. The largest absolute Gasteiger partial charge is 0.486 e. The Balaban J connectivity index is 2.02. The van der Waals surface area contributed by atoms with Crippen molar-refractivity contribution in [3.05, 3.63) is 53.5 Å². The molecule has 5 nitrogen and oxygen atoms in total. The van der Waals surface area contributed by atoms with Crippen molar-refractivity contribution in [2.45, 2.75) is 13.2 Å². The number of benzene rings is 1. The maximum atomic E-state index is 11.4. The fraction of sp³-hybridized carbons (Fsp3) is 0.214. The zero-order valence-corrected chi connectivity index (χ0v) is 10.6. The highest BCUT2D eigenvalue weighted by atomic mass is 16.5. The summed E-state index contributed by atoms with van der Waals surface area (Å²) in [6.45, 7) is 0.657. The lowest BCUT2D eigenvalue weighted by Crippen LogP contribution is -2.05. The highest BCUT2D eigenvalue weighted by Gasteiger charge is 2.15. The van der Waals surface area contributed by atoms with E-state index in [1.165, 1.54) is 13.4 Å². The van der Waals surface area contributed by atoms with Crippen LogP contribution in [0.4, 0.5) is 0 Å². The topological polar surface area (TPSA) is 74.7 Å². The standard InChI is InChI=1S/C14H15NO4/c1-17-14(16)12-6-7-18-13(12)9-19-11-4-2-10(8-15)3-5-11/h2-7H,8-9,15H2,1H3. The number of rotatable bonds is 5. The number of hydrogen-bond acceptors (Lipinski definition) is 5. The zero-order chi connectivity index (χ0) is 13.7. The fourth-order valence-corrected chi connectivity index (χ4v) is 1.61. The van der Waals surface area contributed by atoms with Gasteiger partial charge in [-0.15, -0.1) is 0 Å². The summed E-state index contributed by atoms with van der Waals surface area (Å²) in [4.78, 5) is 11.4. The predicted molar refractivity (Wildman–Crippen MR) is 68.7 cm³/mol. The van der Waals surface area contributed by atoms with Crippen LogP contribution in [0.2, 0.25) is 0 Å². The molecule has 0 aliphatic heterocycles. The molecular formula is C14H15NO4. The molecule has 1 heterocycles. The van der Waals surface area contributed by atoms with Crippen LogP contribution < -0.4 is 10.5 Å². The molecule has 0 unspecified atom stereocenters. The van der Waals surface area contributed by atoms with Gasteiger partial charge in [0.2, 0.25) is 0 Å². The first kappa shape index (κ1) is 13.2. The molecule has 0 aliphatic carbocycles. The monoisotopic (exact) mass is 261 g/mol. The number of carbonyl (C=O) groups excluding carboxylic acids is 1. The molecule has 100 valence electrons. The molecule has 5 heteroatoms. The summed E-state index contributed by atoms with van der Waals surface area (Å²) in [5, 5.41) is 0. The van der Waals surface area contributed by atoms with Gasteiger partial charge in [-0.3, -0.25) is 0 Å². The van der Waals surface area contributed by atoms with Gasteiger partial charge in [0.15, 0.2) is 5.76 Å². The fourth-order valence-electron chi connectivity index (χ4n) is 1.61. The van der Waals surface area contributed by atoms with E-state index in [0.29, 0.717) is 23.6 Å². The second-order valence-electron chi connectivity index (χ2n) is 3.89. The lowest BCUT2D eigenvalue weighted by atomic mass is 10.2. The molecule has 19 heavy (non-hydrogen) atoms. The van der Waals surface area contributed by atoms with E-state index in [1.807, 2.05) is 24.3 Å². The van der Waals surface area contributed by atoms with Gasteiger partial charge in [0.05, 0.1) is 13.4 Å². The smallest absolute Gasteiger partial charge is 0.341 e. The number of hydrogen-bond donors (Lipinski definition) is 1. The van der Waals surface area contributed by atoms with E-state index in [9.17, 15) is 4.79 Å². The van der Waals surface area contributed by atoms with Crippen molar-refractivity contribution in [3.8, 4) is 5.75 Å². The SMILES string of the molecule is COC(=O)c1ccoc1COc1ccc(CN)cc1. The predicted octanol–water partition coefficient (Wildman–Crippen LogP) is 2.10. The van der Waals surface area contributed by atoms with Gasteiger partial charge in [0, 0.05) is 6.54 Å². The first-order chi connectivity index (χ1) is 9.24. The minimum absolute atomic E-state index is 0.166. The number of carbonyl (C=O) groups is 1. The van der Waals surface area contributed by atoms with Crippen LogP contribution in [-0.4, -0.2) is 13.1 Å². The van der Waals surface area contributed by atoms with Gasteiger partial charge in [-0.05, 0) is 23.8 Å². The Morgan fingerprint density at radius 1 is 1.26 bits per heavy atom. The van der Waals surface area contributed by atoms with Crippen LogP contribution in [0.5, 0.6) is 5.75 Å². The third-order valence-electron chi connectivity index (χ3n) is 2.68. The van der Waals surface area contributed by atoms with E-state index >= 15 is 0 Å². The Kier molecular flexibility index (Phi) is 4.20. The summed E-state index contributed by atoms with van der Waals surface area (Å²) in [5.41, 5.74) is 6.92. The zero-order valence-electron chi connectivity index (χ0n) is 10.6. The van der Waals surface area contributed by atoms with E-state index in [4.69, 9.17) is 14.9 Å². The summed E-state index contributed by atoms with van der Waals surface area (Å²) in [6, 6.07) is 8.98. The van der Waals surface area contributed by atoms with E-state index < -0.39 is 5.97 Å². The van der Waals surface area contributed by atoms with Crippen LogP contribution in [0, 0.1) is 0 Å². The average Bonchev–Trinajstić information content (AvgIpc) is 2.93. The molecule has 1 aromatic heterocycles. The van der Waals surface area contributed by atoms with E-state index in [-0.39, 0.29) is 6.61 Å². The molecule has 0 bridgehead atoms. The lowest BCUT2D eigenvalue weighted by molar-refractivity contribution is 0.0595.